The van der Waals surface area contributed by atoms with Crippen molar-refractivity contribution in [1.82, 2.24) is 14.5 Å². The largest absolute Gasteiger partial charge is 0.385 e. The molecule has 2 rings (SSSR count). The predicted octanol–water partition coefficient (Wildman–Crippen LogP) is 1.50. The van der Waals surface area contributed by atoms with E-state index in [1.165, 1.54) is 6.33 Å². The maximum Gasteiger partial charge on any atom is 0.176 e. The summed E-state index contributed by atoms with van der Waals surface area (Å²) >= 11 is 0. The highest BCUT2D eigenvalue weighted by Gasteiger charge is 2.10. The number of hydrogen-bond acceptors (Lipinski definition) is 5. The normalized spacial score (nSPS) is 9.63. The topological polar surface area (TPSA) is 90.3 Å². The third-order valence-corrected chi connectivity index (χ3v) is 2.58. The highest BCUT2D eigenvalue weighted by Crippen LogP contribution is 2.11. The fraction of sp³-hybridized carbons (Fsp3) is 0.231. The summed E-state index contributed by atoms with van der Waals surface area (Å²) in [4.78, 5) is 8.14. The van der Waals surface area contributed by atoms with Gasteiger partial charge in [-0.05, 0) is 19.1 Å². The third-order valence-electron chi connectivity index (χ3n) is 2.58. The zero-order valence-electron chi connectivity index (χ0n) is 10.5. The zero-order valence-corrected chi connectivity index (χ0v) is 10.5. The molecule has 94 valence electrons. The van der Waals surface area contributed by atoms with Crippen LogP contribution in [0.5, 0.6) is 0 Å². The monoisotopic (exact) mass is 252 g/mol. The van der Waals surface area contributed by atoms with Gasteiger partial charge in [0.15, 0.2) is 11.4 Å². The average molecular weight is 252 g/mol. The molecule has 0 atom stereocenters. The zero-order chi connectivity index (χ0) is 13.7. The molecule has 0 unspecified atom stereocenters. The van der Waals surface area contributed by atoms with Crippen LogP contribution in [0, 0.1) is 22.7 Å². The molecule has 0 aliphatic carbocycles. The molecular weight excluding hydrogens is 240 g/mol. The van der Waals surface area contributed by atoms with Crippen LogP contribution in [0.3, 0.4) is 0 Å². The van der Waals surface area contributed by atoms with E-state index < -0.39 is 0 Å². The quantitative estimate of drug-likeness (QED) is 0.890. The van der Waals surface area contributed by atoms with E-state index in [1.807, 2.05) is 31.2 Å². The van der Waals surface area contributed by atoms with Gasteiger partial charge in [-0.3, -0.25) is 4.98 Å². The summed E-state index contributed by atoms with van der Waals surface area (Å²) in [5.74, 6) is 0. The van der Waals surface area contributed by atoms with E-state index in [0.29, 0.717) is 6.54 Å². The molecule has 0 fully saturated rings. The molecule has 2 heterocycles. The van der Waals surface area contributed by atoms with Gasteiger partial charge in [0.1, 0.15) is 12.1 Å². The van der Waals surface area contributed by atoms with E-state index in [-0.39, 0.29) is 11.4 Å². The minimum Gasteiger partial charge on any atom is -0.385 e. The van der Waals surface area contributed by atoms with Gasteiger partial charge >= 0.3 is 0 Å². The van der Waals surface area contributed by atoms with Gasteiger partial charge < -0.3 is 9.88 Å². The summed E-state index contributed by atoms with van der Waals surface area (Å²) in [5.41, 5.74) is 2.19. The molecular formula is C13H12N6. The lowest BCUT2D eigenvalue weighted by atomic mass is 10.3. The highest BCUT2D eigenvalue weighted by atomic mass is 15.1. The van der Waals surface area contributed by atoms with Crippen molar-refractivity contribution in [1.29, 1.82) is 10.5 Å². The second-order valence-corrected chi connectivity index (χ2v) is 3.86. The Bertz CT molecular complexity index is 659. The summed E-state index contributed by atoms with van der Waals surface area (Å²) in [6, 6.07) is 7.68. The second-order valence-electron chi connectivity index (χ2n) is 3.86. The lowest BCUT2D eigenvalue weighted by Crippen LogP contribution is -2.05. The summed E-state index contributed by atoms with van der Waals surface area (Å²) in [6.45, 7) is 3.26. The molecule has 6 heteroatoms. The first-order valence-corrected chi connectivity index (χ1v) is 5.82. The van der Waals surface area contributed by atoms with Crippen molar-refractivity contribution in [2.45, 2.75) is 13.5 Å². The van der Waals surface area contributed by atoms with Crippen molar-refractivity contribution < 1.29 is 0 Å². The molecule has 0 saturated heterocycles. The van der Waals surface area contributed by atoms with Gasteiger partial charge in [0.2, 0.25) is 0 Å². The summed E-state index contributed by atoms with van der Waals surface area (Å²) in [5, 5.41) is 21.1. The van der Waals surface area contributed by atoms with E-state index in [1.54, 1.807) is 10.8 Å². The number of anilines is 1. The van der Waals surface area contributed by atoms with Crippen LogP contribution in [-0.2, 0) is 6.54 Å². The Morgan fingerprint density at radius 3 is 2.84 bits per heavy atom. The van der Waals surface area contributed by atoms with Crippen molar-refractivity contribution in [3.63, 3.8) is 0 Å². The number of nitriles is 2. The van der Waals surface area contributed by atoms with Crippen molar-refractivity contribution in [3.05, 3.63) is 41.7 Å². The lowest BCUT2D eigenvalue weighted by molar-refractivity contribution is 0.763. The number of rotatable bonds is 4. The first-order chi connectivity index (χ1) is 9.28. The standard InChI is InChI=1S/C13H12N6/c1-2-16-10-3-4-17-11(5-10)8-19-9-18-12(6-14)13(19)7-15/h3-5,9H,2,8H2,1H3,(H,16,17). The van der Waals surface area contributed by atoms with Crippen LogP contribution in [0.4, 0.5) is 5.69 Å². The van der Waals surface area contributed by atoms with E-state index >= 15 is 0 Å². The number of imidazole rings is 1. The van der Waals surface area contributed by atoms with Gasteiger partial charge in [-0.2, -0.15) is 10.5 Å². The average Bonchev–Trinajstić information content (AvgIpc) is 2.81. The molecule has 19 heavy (non-hydrogen) atoms. The third kappa shape index (κ3) is 2.70. The van der Waals surface area contributed by atoms with Gasteiger partial charge in [0.05, 0.1) is 18.6 Å². The lowest BCUT2D eigenvalue weighted by Gasteiger charge is -2.06. The number of nitrogens with zero attached hydrogens (tertiary/aromatic N) is 5. The minimum absolute atomic E-state index is 0.144. The maximum absolute atomic E-state index is 9.04. The summed E-state index contributed by atoms with van der Waals surface area (Å²) < 4.78 is 1.62. The van der Waals surface area contributed by atoms with Crippen LogP contribution in [0.25, 0.3) is 0 Å². The molecule has 0 aliphatic rings. The Labute approximate surface area is 111 Å². The molecule has 0 spiro atoms. The first-order valence-electron chi connectivity index (χ1n) is 5.82. The summed E-state index contributed by atoms with van der Waals surface area (Å²) in [6.07, 6.45) is 3.19. The Hall–Kier alpha value is -2.86. The van der Waals surface area contributed by atoms with Gasteiger partial charge in [-0.1, -0.05) is 0 Å². The van der Waals surface area contributed by atoms with Crippen LogP contribution in [-0.4, -0.2) is 21.1 Å². The highest BCUT2D eigenvalue weighted by molar-refractivity contribution is 5.43. The summed E-state index contributed by atoms with van der Waals surface area (Å²) in [7, 11) is 0. The van der Waals surface area contributed by atoms with Crippen molar-refractivity contribution in [3.8, 4) is 12.1 Å². The fourth-order valence-electron chi connectivity index (χ4n) is 1.75. The molecule has 0 aliphatic heterocycles. The van der Waals surface area contributed by atoms with E-state index in [2.05, 4.69) is 15.3 Å². The molecule has 6 nitrogen and oxygen atoms in total. The SMILES string of the molecule is CCNc1ccnc(Cn2cnc(C#N)c2C#N)c1. The molecule has 0 radical (unpaired) electrons. The van der Waals surface area contributed by atoms with Crippen LogP contribution >= 0.6 is 0 Å². The Morgan fingerprint density at radius 1 is 1.32 bits per heavy atom. The molecule has 0 saturated carbocycles. The smallest absolute Gasteiger partial charge is 0.176 e. The maximum atomic E-state index is 9.04. The van der Waals surface area contributed by atoms with Gasteiger partial charge in [0, 0.05) is 18.4 Å². The van der Waals surface area contributed by atoms with Crippen molar-refractivity contribution >= 4 is 5.69 Å². The van der Waals surface area contributed by atoms with E-state index in [9.17, 15) is 0 Å². The number of pyridine rings is 1. The van der Waals surface area contributed by atoms with Gasteiger partial charge in [-0.25, -0.2) is 4.98 Å². The molecule has 1 N–H and O–H groups in total. The second kappa shape index (κ2) is 5.65. The Balaban J connectivity index is 2.27. The number of aromatic nitrogens is 3. The van der Waals surface area contributed by atoms with Crippen LogP contribution in [0.1, 0.15) is 24.0 Å². The Morgan fingerprint density at radius 2 is 2.16 bits per heavy atom. The molecule has 0 amide bonds. The number of nitrogens with one attached hydrogen (secondary N) is 1. The molecule has 2 aromatic heterocycles. The van der Waals surface area contributed by atoms with Crippen LogP contribution < -0.4 is 5.32 Å². The van der Waals surface area contributed by atoms with E-state index in [0.717, 1.165) is 17.9 Å². The van der Waals surface area contributed by atoms with Crippen molar-refractivity contribution in [2.75, 3.05) is 11.9 Å². The molecule has 0 bridgehead atoms. The number of hydrogen-bond donors (Lipinski definition) is 1. The van der Waals surface area contributed by atoms with Crippen LogP contribution in [0.15, 0.2) is 24.7 Å². The van der Waals surface area contributed by atoms with Crippen molar-refractivity contribution in [2.24, 2.45) is 0 Å². The molecule has 0 aromatic carbocycles. The van der Waals surface area contributed by atoms with Gasteiger partial charge in [-0.15, -0.1) is 0 Å². The van der Waals surface area contributed by atoms with Crippen LogP contribution in [0.2, 0.25) is 0 Å². The first kappa shape index (κ1) is 12.6. The Kier molecular flexibility index (Phi) is 3.75. The minimum atomic E-state index is 0.144. The predicted molar refractivity (Wildman–Crippen MR) is 69.2 cm³/mol. The fourth-order valence-corrected chi connectivity index (χ4v) is 1.75. The van der Waals surface area contributed by atoms with E-state index in [4.69, 9.17) is 10.5 Å². The van der Waals surface area contributed by atoms with Gasteiger partial charge in [0.25, 0.3) is 0 Å². The molecule has 2 aromatic rings.